The first-order chi connectivity index (χ1) is 18.4. The first-order valence-corrected chi connectivity index (χ1v) is 12.2. The number of thiocarbonyl (C=S) groups is 1. The molecule has 10 nitrogen and oxygen atoms in total. The van der Waals surface area contributed by atoms with Gasteiger partial charge in [-0.05, 0) is 44.3 Å². The van der Waals surface area contributed by atoms with Crippen molar-refractivity contribution < 1.29 is 28.5 Å². The quantitative estimate of drug-likeness (QED) is 0.123. The summed E-state index contributed by atoms with van der Waals surface area (Å²) in [5, 5.41) is 10.4. The van der Waals surface area contributed by atoms with E-state index in [1.165, 1.54) is 13.3 Å². The summed E-state index contributed by atoms with van der Waals surface area (Å²) in [4.78, 5) is 25.2. The molecule has 0 saturated heterocycles. The number of carbonyl (C=O) groups is 2. The molecule has 1 amide bonds. The largest absolute Gasteiger partial charge is 0.493 e. The fourth-order valence-electron chi connectivity index (χ4n) is 3.70. The lowest BCUT2D eigenvalue weighted by molar-refractivity contribution is -0.139. The van der Waals surface area contributed by atoms with Gasteiger partial charge in [-0.1, -0.05) is 36.9 Å². The van der Waals surface area contributed by atoms with Crippen LogP contribution in [0.2, 0.25) is 0 Å². The second-order valence-corrected chi connectivity index (χ2v) is 8.30. The summed E-state index contributed by atoms with van der Waals surface area (Å²) in [7, 11) is 1.54. The van der Waals surface area contributed by atoms with Gasteiger partial charge in [0.1, 0.15) is 12.4 Å². The van der Waals surface area contributed by atoms with E-state index in [1.807, 2.05) is 0 Å². The molecule has 0 unspecified atom stereocenters. The lowest BCUT2D eigenvalue weighted by atomic mass is 9.95. The summed E-state index contributed by atoms with van der Waals surface area (Å²) in [5.41, 5.74) is 4.62. The van der Waals surface area contributed by atoms with Crippen molar-refractivity contribution in [1.82, 2.24) is 16.1 Å². The Bertz CT molecular complexity index is 1260. The fourth-order valence-corrected chi connectivity index (χ4v) is 3.97. The van der Waals surface area contributed by atoms with Crippen LogP contribution < -0.4 is 30.3 Å². The van der Waals surface area contributed by atoms with E-state index in [0.717, 1.165) is 0 Å². The lowest BCUT2D eigenvalue weighted by Crippen LogP contribution is -2.45. The average molecular weight is 539 g/mol. The Balaban J connectivity index is 1.72. The third kappa shape index (κ3) is 7.10. The number of para-hydroxylation sites is 2. The van der Waals surface area contributed by atoms with Gasteiger partial charge < -0.3 is 29.6 Å². The predicted octanol–water partition coefficient (Wildman–Crippen LogP) is 3.15. The van der Waals surface area contributed by atoms with Crippen molar-refractivity contribution >= 4 is 35.4 Å². The number of methoxy groups -OCH3 is 1. The van der Waals surface area contributed by atoms with Crippen LogP contribution >= 0.6 is 12.2 Å². The molecule has 0 aliphatic carbocycles. The van der Waals surface area contributed by atoms with Gasteiger partial charge in [0, 0.05) is 16.8 Å². The van der Waals surface area contributed by atoms with E-state index < -0.39 is 17.9 Å². The van der Waals surface area contributed by atoms with E-state index in [0.29, 0.717) is 44.8 Å². The van der Waals surface area contributed by atoms with Crippen LogP contribution in [0.1, 0.15) is 31.0 Å². The molecule has 3 N–H and O–H groups in total. The van der Waals surface area contributed by atoms with E-state index in [-0.39, 0.29) is 19.8 Å². The van der Waals surface area contributed by atoms with Crippen LogP contribution in [0.25, 0.3) is 0 Å². The monoisotopic (exact) mass is 538 g/mol. The predicted molar refractivity (Wildman–Crippen MR) is 147 cm³/mol. The van der Waals surface area contributed by atoms with Gasteiger partial charge in [0.15, 0.2) is 23.2 Å². The molecule has 0 radical (unpaired) electrons. The van der Waals surface area contributed by atoms with Gasteiger partial charge in [0.2, 0.25) is 0 Å². The minimum atomic E-state index is -0.623. The Morgan fingerprint density at radius 2 is 1.92 bits per heavy atom. The molecule has 0 saturated carbocycles. The Morgan fingerprint density at radius 3 is 2.66 bits per heavy atom. The Labute approximate surface area is 226 Å². The molecule has 38 heavy (non-hydrogen) atoms. The number of rotatable bonds is 12. The van der Waals surface area contributed by atoms with Crippen LogP contribution in [0.5, 0.6) is 17.2 Å². The number of benzene rings is 2. The van der Waals surface area contributed by atoms with Gasteiger partial charge in [0.05, 0.1) is 31.5 Å². The summed E-state index contributed by atoms with van der Waals surface area (Å²) in [6.07, 6.45) is 3.07. The van der Waals surface area contributed by atoms with Crippen LogP contribution in [0.15, 0.2) is 71.5 Å². The van der Waals surface area contributed by atoms with Gasteiger partial charge in [-0.25, -0.2) is 10.2 Å². The zero-order valence-electron chi connectivity index (χ0n) is 21.4. The fraction of sp³-hybridized carbons (Fsp3) is 0.259. The van der Waals surface area contributed by atoms with Gasteiger partial charge in [-0.15, -0.1) is 0 Å². The molecule has 200 valence electrons. The van der Waals surface area contributed by atoms with Crippen molar-refractivity contribution in [1.29, 1.82) is 0 Å². The number of nitrogens with one attached hydrogen (secondary N) is 3. The van der Waals surface area contributed by atoms with Crippen molar-refractivity contribution in [3.8, 4) is 17.2 Å². The number of hydrazone groups is 1. The number of hydrogen-bond donors (Lipinski definition) is 3. The molecule has 0 bridgehead atoms. The molecule has 1 aliphatic heterocycles. The molecule has 2 aromatic rings. The van der Waals surface area contributed by atoms with Gasteiger partial charge in [0.25, 0.3) is 5.91 Å². The number of amides is 1. The molecule has 0 aromatic heterocycles. The zero-order valence-corrected chi connectivity index (χ0v) is 22.2. The molecule has 0 spiro atoms. The summed E-state index contributed by atoms with van der Waals surface area (Å²) in [6, 6.07) is 11.8. The SMILES string of the molecule is C=CCOc1c(C=NNC(=O)COc2ccccc2[C@H]2NC(=S)NC(C)=C2C(=O)OCC)cccc1OC. The number of allylic oxidation sites excluding steroid dienone is 1. The standard InChI is InChI=1S/C27H30N4O6S/c1-5-14-36-25-18(10-9-13-21(25)34-4)15-28-31-22(32)16-37-20-12-8-7-11-19(20)24-23(26(33)35-6-2)17(3)29-27(38)30-24/h5,7-13,15,24H,1,6,14,16H2,2-4H3,(H,31,32)(H2,29,30,38)/t24-/m1/s1. The van der Waals surface area contributed by atoms with Gasteiger partial charge in [-0.3, -0.25) is 4.79 Å². The Hall–Kier alpha value is -4.38. The zero-order chi connectivity index (χ0) is 27.5. The highest BCUT2D eigenvalue weighted by Crippen LogP contribution is 2.33. The maximum absolute atomic E-state index is 12.7. The number of nitrogens with zero attached hydrogens (tertiary/aromatic N) is 1. The highest BCUT2D eigenvalue weighted by atomic mass is 32.1. The minimum absolute atomic E-state index is 0.225. The van der Waals surface area contributed by atoms with E-state index in [4.69, 9.17) is 31.2 Å². The second kappa shape index (κ2) is 13.8. The maximum atomic E-state index is 12.7. The molecule has 3 rings (SSSR count). The van der Waals surface area contributed by atoms with Gasteiger partial charge in [-0.2, -0.15) is 5.10 Å². The van der Waals surface area contributed by atoms with E-state index in [9.17, 15) is 9.59 Å². The van der Waals surface area contributed by atoms with Crippen LogP contribution in [-0.4, -0.2) is 50.1 Å². The normalized spacial score (nSPS) is 14.8. The topological polar surface area (TPSA) is 120 Å². The third-order valence-corrected chi connectivity index (χ3v) is 5.54. The Kier molecular flexibility index (Phi) is 10.2. The summed E-state index contributed by atoms with van der Waals surface area (Å²) < 4.78 is 22.0. The highest BCUT2D eigenvalue weighted by Gasteiger charge is 2.32. The number of carbonyl (C=O) groups excluding carboxylic acids is 2. The minimum Gasteiger partial charge on any atom is -0.493 e. The third-order valence-electron chi connectivity index (χ3n) is 5.32. The molecular weight excluding hydrogens is 508 g/mol. The smallest absolute Gasteiger partial charge is 0.338 e. The molecular formula is C27H30N4O6S. The molecule has 0 fully saturated rings. The van der Waals surface area contributed by atoms with Crippen LogP contribution in [0.4, 0.5) is 0 Å². The first-order valence-electron chi connectivity index (χ1n) is 11.8. The number of esters is 1. The van der Waals surface area contributed by atoms with Gasteiger partial charge >= 0.3 is 5.97 Å². The maximum Gasteiger partial charge on any atom is 0.338 e. The van der Waals surface area contributed by atoms with E-state index in [1.54, 1.807) is 62.4 Å². The van der Waals surface area contributed by atoms with Crippen LogP contribution in [-0.2, 0) is 14.3 Å². The van der Waals surface area contributed by atoms with Crippen molar-refractivity contribution in [3.05, 3.63) is 77.5 Å². The number of hydrogen-bond acceptors (Lipinski definition) is 8. The molecule has 1 aliphatic rings. The second-order valence-electron chi connectivity index (χ2n) is 7.89. The highest BCUT2D eigenvalue weighted by molar-refractivity contribution is 7.80. The molecule has 1 heterocycles. The first kappa shape index (κ1) is 28.2. The van der Waals surface area contributed by atoms with Crippen molar-refractivity contribution in [3.63, 3.8) is 0 Å². The van der Waals surface area contributed by atoms with Crippen LogP contribution in [0, 0.1) is 0 Å². The van der Waals surface area contributed by atoms with Crippen molar-refractivity contribution in [2.24, 2.45) is 5.10 Å². The average Bonchev–Trinajstić information content (AvgIpc) is 2.90. The molecule has 2 aromatic carbocycles. The summed E-state index contributed by atoms with van der Waals surface area (Å²) >= 11 is 5.30. The summed E-state index contributed by atoms with van der Waals surface area (Å²) in [6.45, 7) is 7.32. The Morgan fingerprint density at radius 1 is 1.16 bits per heavy atom. The molecule has 11 heteroatoms. The molecule has 1 atom stereocenters. The number of ether oxygens (including phenoxy) is 4. The lowest BCUT2D eigenvalue weighted by Gasteiger charge is -2.30. The van der Waals surface area contributed by atoms with Crippen LogP contribution in [0.3, 0.4) is 0 Å². The van der Waals surface area contributed by atoms with E-state index in [2.05, 4.69) is 27.7 Å². The summed E-state index contributed by atoms with van der Waals surface area (Å²) in [5.74, 6) is 0.439. The van der Waals surface area contributed by atoms with Crippen molar-refractivity contribution in [2.75, 3.05) is 26.9 Å². The van der Waals surface area contributed by atoms with E-state index >= 15 is 0 Å². The van der Waals surface area contributed by atoms with Crippen molar-refractivity contribution in [2.45, 2.75) is 19.9 Å².